The number of para-hydroxylation sites is 2. The topological polar surface area (TPSA) is 22.2 Å². The zero-order valence-electron chi connectivity index (χ0n) is 26.7. The van der Waals surface area contributed by atoms with Crippen LogP contribution < -0.4 is 0 Å². The molecule has 0 aliphatic carbocycles. The van der Waals surface area contributed by atoms with Crippen molar-refractivity contribution in [3.8, 4) is 39.3 Å². The Hall–Kier alpha value is -6.01. The van der Waals surface area contributed by atoms with E-state index in [0.717, 1.165) is 21.9 Å². The van der Waals surface area contributed by atoms with Gasteiger partial charge in [-0.1, -0.05) is 127 Å². The zero-order valence-corrected chi connectivity index (χ0v) is 28.4. The Morgan fingerprint density at radius 3 is 2.02 bits per heavy atom. The minimum absolute atomic E-state index is 1.01. The molecule has 3 nitrogen and oxygen atoms in total. The molecule has 0 saturated heterocycles. The molecule has 0 unspecified atom stereocenters. The van der Waals surface area contributed by atoms with Crippen LogP contribution in [0.1, 0.15) is 0 Å². The first kappa shape index (κ1) is 27.9. The molecular formula is C45H27N3S2. The normalized spacial score (nSPS) is 12.0. The van der Waals surface area contributed by atoms with E-state index in [1.807, 2.05) is 11.3 Å². The molecule has 0 spiro atoms. The summed E-state index contributed by atoms with van der Waals surface area (Å²) in [6, 6.07) is 59.3. The second-order valence-corrected chi connectivity index (χ2v) is 14.8. The van der Waals surface area contributed by atoms with E-state index in [9.17, 15) is 0 Å². The van der Waals surface area contributed by atoms with Crippen LogP contribution in [0.25, 0.3) is 96.5 Å². The Balaban J connectivity index is 1.14. The predicted molar refractivity (Wildman–Crippen MR) is 214 cm³/mol. The van der Waals surface area contributed by atoms with Crippen LogP contribution >= 0.6 is 22.7 Å². The number of thiazole rings is 1. The number of aromatic nitrogens is 3. The second kappa shape index (κ2) is 10.7. The number of hydrogen-bond acceptors (Lipinski definition) is 3. The van der Waals surface area contributed by atoms with Crippen LogP contribution in [0.2, 0.25) is 0 Å². The molecule has 0 aliphatic rings. The number of fused-ring (bicyclic) bond motifs is 9. The molecule has 0 N–H and O–H groups in total. The summed E-state index contributed by atoms with van der Waals surface area (Å²) in [7, 11) is 0. The highest BCUT2D eigenvalue weighted by Gasteiger charge is 2.23. The maximum atomic E-state index is 5.41. The summed E-state index contributed by atoms with van der Waals surface area (Å²) < 4.78 is 8.57. The van der Waals surface area contributed by atoms with Crippen molar-refractivity contribution in [2.75, 3.05) is 0 Å². The van der Waals surface area contributed by atoms with E-state index in [4.69, 9.17) is 4.98 Å². The van der Waals surface area contributed by atoms with Crippen molar-refractivity contribution in [3.63, 3.8) is 0 Å². The molecule has 0 amide bonds. The molecule has 7 aromatic carbocycles. The predicted octanol–water partition coefficient (Wildman–Crippen LogP) is 13.0. The van der Waals surface area contributed by atoms with Crippen molar-refractivity contribution in [2.24, 2.45) is 0 Å². The minimum atomic E-state index is 1.01. The number of benzene rings is 7. The fraction of sp³-hybridized carbons (Fsp3) is 0. The number of hydrogen-bond donors (Lipinski definition) is 0. The first-order valence-corrected chi connectivity index (χ1v) is 18.4. The van der Waals surface area contributed by atoms with Gasteiger partial charge in [0, 0.05) is 47.8 Å². The smallest absolute Gasteiger partial charge is 0.195 e. The average Bonchev–Trinajstić information content (AvgIpc) is 3.93. The quantitative estimate of drug-likeness (QED) is 0.182. The molecule has 4 aromatic heterocycles. The van der Waals surface area contributed by atoms with E-state index in [2.05, 4.69) is 173 Å². The SMILES string of the molecule is c1ccc(-c2c(-c3cccc4c3sc3ccccc34)nc3sc4ccc(-c5ccc6c(c5)c5ccccc5n6-c5ccccc5)cc4n23)cc1. The van der Waals surface area contributed by atoms with Gasteiger partial charge in [0.1, 0.15) is 0 Å². The van der Waals surface area contributed by atoms with Gasteiger partial charge in [0.05, 0.1) is 32.6 Å². The Morgan fingerprint density at radius 1 is 0.440 bits per heavy atom. The molecule has 0 bridgehead atoms. The van der Waals surface area contributed by atoms with E-state index in [0.29, 0.717) is 0 Å². The fourth-order valence-corrected chi connectivity index (χ4v) is 9.96. The average molecular weight is 674 g/mol. The third-order valence-electron chi connectivity index (χ3n) is 9.97. The summed E-state index contributed by atoms with van der Waals surface area (Å²) in [5.74, 6) is 0. The van der Waals surface area contributed by atoms with Crippen LogP contribution in [0.15, 0.2) is 164 Å². The third kappa shape index (κ3) is 4.05. The minimum Gasteiger partial charge on any atom is -0.309 e. The van der Waals surface area contributed by atoms with Crippen LogP contribution in [0.3, 0.4) is 0 Å². The lowest BCUT2D eigenvalue weighted by atomic mass is 10.0. The molecule has 4 heterocycles. The van der Waals surface area contributed by atoms with Crippen LogP contribution in [0.4, 0.5) is 0 Å². The maximum absolute atomic E-state index is 5.41. The number of nitrogens with zero attached hydrogens (tertiary/aromatic N) is 3. The van der Waals surface area contributed by atoms with Crippen molar-refractivity contribution >= 4 is 79.8 Å². The van der Waals surface area contributed by atoms with Crippen LogP contribution in [0, 0.1) is 0 Å². The number of rotatable bonds is 4. The summed E-state index contributed by atoms with van der Waals surface area (Å²) >= 11 is 3.61. The summed E-state index contributed by atoms with van der Waals surface area (Å²) in [5.41, 5.74) is 11.7. The van der Waals surface area contributed by atoms with Crippen molar-refractivity contribution in [1.29, 1.82) is 0 Å². The highest BCUT2D eigenvalue weighted by Crippen LogP contribution is 2.45. The van der Waals surface area contributed by atoms with Gasteiger partial charge < -0.3 is 4.57 Å². The van der Waals surface area contributed by atoms with Crippen molar-refractivity contribution in [3.05, 3.63) is 164 Å². The lowest BCUT2D eigenvalue weighted by Gasteiger charge is -2.09. The highest BCUT2D eigenvalue weighted by atomic mass is 32.1. The standard InChI is InChI=1S/C45H27N3S2/c1-3-12-28(13-4-1)43-42(35-19-11-18-34-33-17-8-10-21-40(33)49-44(34)35)46-45-48(43)39-27-30(23-25-41(39)50-45)29-22-24-38-36(26-29)32-16-7-9-20-37(32)47(38)31-14-5-2-6-15-31/h1-27H. The monoisotopic (exact) mass is 673 g/mol. The molecule has 0 aliphatic heterocycles. The Bertz CT molecular complexity index is 3090. The van der Waals surface area contributed by atoms with Gasteiger partial charge in [-0.2, -0.15) is 0 Å². The Labute approximate surface area is 295 Å². The van der Waals surface area contributed by atoms with E-state index in [1.54, 1.807) is 11.3 Å². The van der Waals surface area contributed by atoms with Gasteiger partial charge in [-0.05, 0) is 59.7 Å². The first-order valence-electron chi connectivity index (χ1n) is 16.8. The third-order valence-corrected chi connectivity index (χ3v) is 12.2. The maximum Gasteiger partial charge on any atom is 0.195 e. The molecule has 11 rings (SSSR count). The van der Waals surface area contributed by atoms with Gasteiger partial charge in [-0.3, -0.25) is 4.40 Å². The first-order chi connectivity index (χ1) is 24.8. The van der Waals surface area contributed by atoms with Gasteiger partial charge in [-0.15, -0.1) is 11.3 Å². The van der Waals surface area contributed by atoms with Gasteiger partial charge in [0.15, 0.2) is 4.96 Å². The summed E-state index contributed by atoms with van der Waals surface area (Å²) in [6.45, 7) is 0. The molecule has 0 radical (unpaired) electrons. The fourth-order valence-electron chi connectivity index (χ4n) is 7.74. The summed E-state index contributed by atoms with van der Waals surface area (Å²) in [4.78, 5) is 6.42. The van der Waals surface area contributed by atoms with Crippen molar-refractivity contribution in [2.45, 2.75) is 0 Å². The second-order valence-electron chi connectivity index (χ2n) is 12.8. The Kier molecular flexibility index (Phi) is 5.99. The number of thiophene rings is 1. The lowest BCUT2D eigenvalue weighted by molar-refractivity contribution is 1.18. The molecule has 0 saturated carbocycles. The van der Waals surface area contributed by atoms with Crippen LogP contribution in [-0.2, 0) is 0 Å². The van der Waals surface area contributed by atoms with E-state index in [1.165, 1.54) is 74.6 Å². The largest absolute Gasteiger partial charge is 0.309 e. The van der Waals surface area contributed by atoms with Crippen molar-refractivity contribution < 1.29 is 0 Å². The van der Waals surface area contributed by atoms with Crippen molar-refractivity contribution in [1.82, 2.24) is 14.0 Å². The molecule has 50 heavy (non-hydrogen) atoms. The Morgan fingerprint density at radius 2 is 1.14 bits per heavy atom. The van der Waals surface area contributed by atoms with Gasteiger partial charge in [0.2, 0.25) is 0 Å². The van der Waals surface area contributed by atoms with E-state index in [-0.39, 0.29) is 0 Å². The van der Waals surface area contributed by atoms with Crippen LogP contribution in [-0.4, -0.2) is 14.0 Å². The lowest BCUT2D eigenvalue weighted by Crippen LogP contribution is -1.92. The van der Waals surface area contributed by atoms with Gasteiger partial charge in [0.25, 0.3) is 0 Å². The molecule has 0 fully saturated rings. The number of imidazole rings is 1. The molecule has 11 aromatic rings. The van der Waals surface area contributed by atoms with Gasteiger partial charge in [-0.25, -0.2) is 4.98 Å². The van der Waals surface area contributed by atoms with E-state index >= 15 is 0 Å². The van der Waals surface area contributed by atoms with E-state index < -0.39 is 0 Å². The summed E-state index contributed by atoms with van der Waals surface area (Å²) in [6.07, 6.45) is 0. The molecule has 234 valence electrons. The van der Waals surface area contributed by atoms with Crippen LogP contribution in [0.5, 0.6) is 0 Å². The van der Waals surface area contributed by atoms with Gasteiger partial charge >= 0.3 is 0 Å². The molecular weight excluding hydrogens is 647 g/mol. The molecule has 0 atom stereocenters. The zero-order chi connectivity index (χ0) is 32.8. The highest BCUT2D eigenvalue weighted by molar-refractivity contribution is 7.26. The summed E-state index contributed by atoms with van der Waals surface area (Å²) in [5, 5.41) is 5.10. The molecule has 5 heteroatoms.